The maximum Gasteiger partial charge on any atom is 0.106 e. The molecule has 1 N–H and O–H groups in total. The van der Waals surface area contributed by atoms with Crippen LogP contribution >= 0.6 is 11.8 Å². The number of thioether (sulfide) groups is 1. The molecule has 1 aliphatic carbocycles. The molecular formula is C15H20O2S. The molecule has 0 bridgehead atoms. The number of hydrogen-bond acceptors (Lipinski definition) is 3. The van der Waals surface area contributed by atoms with E-state index in [1.807, 2.05) is 17.8 Å². The van der Waals surface area contributed by atoms with Gasteiger partial charge in [-0.25, -0.2) is 0 Å². The van der Waals surface area contributed by atoms with Crippen molar-refractivity contribution >= 4 is 11.8 Å². The summed E-state index contributed by atoms with van der Waals surface area (Å²) >= 11 is 1.88. The molecule has 1 aliphatic heterocycles. The van der Waals surface area contributed by atoms with Crippen LogP contribution in [0.25, 0.3) is 0 Å². The van der Waals surface area contributed by atoms with Gasteiger partial charge in [-0.1, -0.05) is 30.7 Å². The number of benzene rings is 1. The van der Waals surface area contributed by atoms with Crippen molar-refractivity contribution in [2.24, 2.45) is 0 Å². The lowest BCUT2D eigenvalue weighted by atomic mass is 9.77. The molecule has 0 radical (unpaired) electrons. The summed E-state index contributed by atoms with van der Waals surface area (Å²) in [5.41, 5.74) is 2.44. The fraction of sp³-hybridized carbons (Fsp3) is 0.600. The van der Waals surface area contributed by atoms with Crippen LogP contribution in [0.1, 0.15) is 42.4 Å². The van der Waals surface area contributed by atoms with Crippen LogP contribution in [0.3, 0.4) is 0 Å². The smallest absolute Gasteiger partial charge is 0.106 e. The second kappa shape index (κ2) is 5.64. The molecule has 2 aliphatic rings. The van der Waals surface area contributed by atoms with Crippen LogP contribution in [0.5, 0.6) is 0 Å². The van der Waals surface area contributed by atoms with E-state index in [4.69, 9.17) is 4.74 Å². The summed E-state index contributed by atoms with van der Waals surface area (Å²) in [6, 6.07) is 8.36. The minimum Gasteiger partial charge on any atom is -0.386 e. The van der Waals surface area contributed by atoms with E-state index < -0.39 is 6.10 Å². The summed E-state index contributed by atoms with van der Waals surface area (Å²) in [6.45, 7) is 0.762. The summed E-state index contributed by atoms with van der Waals surface area (Å²) < 4.78 is 5.71. The molecule has 1 saturated carbocycles. The van der Waals surface area contributed by atoms with Gasteiger partial charge in [-0.05, 0) is 29.9 Å². The Morgan fingerprint density at radius 3 is 2.78 bits per heavy atom. The summed E-state index contributed by atoms with van der Waals surface area (Å²) in [6.07, 6.45) is 3.36. The van der Waals surface area contributed by atoms with Crippen molar-refractivity contribution in [2.75, 3.05) is 18.1 Å². The van der Waals surface area contributed by atoms with Crippen LogP contribution in [-0.2, 0) is 4.74 Å². The van der Waals surface area contributed by atoms with Gasteiger partial charge < -0.3 is 9.84 Å². The van der Waals surface area contributed by atoms with Crippen LogP contribution < -0.4 is 0 Å². The summed E-state index contributed by atoms with van der Waals surface area (Å²) in [5, 5.41) is 10.6. The molecule has 1 heterocycles. The van der Waals surface area contributed by atoms with Crippen molar-refractivity contribution in [1.29, 1.82) is 0 Å². The van der Waals surface area contributed by atoms with Crippen LogP contribution in [0.15, 0.2) is 24.3 Å². The first kappa shape index (κ1) is 12.5. The van der Waals surface area contributed by atoms with Gasteiger partial charge in [0.1, 0.15) is 6.10 Å². The molecule has 2 atom stereocenters. The number of aliphatic hydroxyl groups is 1. The maximum absolute atomic E-state index is 10.6. The monoisotopic (exact) mass is 264 g/mol. The standard InChI is InChI=1S/C15H20O2S/c16-15(14-10-18-9-8-17-14)13-7-2-1-6-12(13)11-4-3-5-11/h1-2,6-7,11,14-16H,3-5,8-10H2. The maximum atomic E-state index is 10.6. The highest BCUT2D eigenvalue weighted by molar-refractivity contribution is 7.99. The number of hydrogen-bond donors (Lipinski definition) is 1. The topological polar surface area (TPSA) is 29.5 Å². The Kier molecular flexibility index (Phi) is 3.92. The molecule has 1 saturated heterocycles. The van der Waals surface area contributed by atoms with Gasteiger partial charge in [0.15, 0.2) is 0 Å². The van der Waals surface area contributed by atoms with Crippen LogP contribution in [0, 0.1) is 0 Å². The zero-order valence-corrected chi connectivity index (χ0v) is 11.4. The van der Waals surface area contributed by atoms with E-state index >= 15 is 0 Å². The molecule has 2 unspecified atom stereocenters. The Bertz CT molecular complexity index is 397. The third kappa shape index (κ3) is 2.44. The van der Waals surface area contributed by atoms with Crippen molar-refractivity contribution in [2.45, 2.75) is 37.4 Å². The Labute approximate surface area is 113 Å². The van der Waals surface area contributed by atoms with Gasteiger partial charge in [0, 0.05) is 11.5 Å². The van der Waals surface area contributed by atoms with Crippen molar-refractivity contribution in [3.05, 3.63) is 35.4 Å². The summed E-state index contributed by atoms with van der Waals surface area (Å²) in [7, 11) is 0. The van der Waals surface area contributed by atoms with E-state index in [1.54, 1.807) is 0 Å². The van der Waals surface area contributed by atoms with Crippen molar-refractivity contribution in [1.82, 2.24) is 0 Å². The number of rotatable bonds is 3. The Morgan fingerprint density at radius 2 is 2.11 bits per heavy atom. The predicted octanol–water partition coefficient (Wildman–Crippen LogP) is 3.12. The van der Waals surface area contributed by atoms with Crippen LogP contribution in [-0.4, -0.2) is 29.3 Å². The van der Waals surface area contributed by atoms with Crippen LogP contribution in [0.4, 0.5) is 0 Å². The average Bonchev–Trinajstić information content (AvgIpc) is 2.38. The zero-order valence-electron chi connectivity index (χ0n) is 10.5. The van der Waals surface area contributed by atoms with Crippen molar-refractivity contribution in [3.63, 3.8) is 0 Å². The normalized spacial score (nSPS) is 26.6. The zero-order chi connectivity index (χ0) is 12.4. The molecule has 2 fully saturated rings. The molecule has 18 heavy (non-hydrogen) atoms. The Balaban J connectivity index is 1.81. The SMILES string of the molecule is OC(c1ccccc1C1CCC1)C1CSCCO1. The first-order chi connectivity index (χ1) is 8.86. The van der Waals surface area contributed by atoms with Gasteiger partial charge in [-0.3, -0.25) is 0 Å². The molecule has 1 aromatic rings. The van der Waals surface area contributed by atoms with E-state index in [1.165, 1.54) is 24.8 Å². The average molecular weight is 264 g/mol. The Morgan fingerprint density at radius 1 is 1.28 bits per heavy atom. The fourth-order valence-electron chi connectivity index (χ4n) is 2.76. The third-order valence-corrected chi connectivity index (χ3v) is 5.07. The summed E-state index contributed by atoms with van der Waals surface area (Å²) in [4.78, 5) is 0. The second-order valence-corrected chi connectivity index (χ2v) is 6.34. The minimum absolute atomic E-state index is 0.0371. The van der Waals surface area contributed by atoms with E-state index in [2.05, 4.69) is 18.2 Å². The molecule has 3 rings (SSSR count). The van der Waals surface area contributed by atoms with Crippen LogP contribution in [0.2, 0.25) is 0 Å². The Hall–Kier alpha value is -0.510. The molecular weight excluding hydrogens is 244 g/mol. The van der Waals surface area contributed by atoms with E-state index in [9.17, 15) is 5.11 Å². The molecule has 0 spiro atoms. The lowest BCUT2D eigenvalue weighted by Crippen LogP contribution is -2.30. The molecule has 3 heteroatoms. The first-order valence-electron chi connectivity index (χ1n) is 6.82. The molecule has 0 amide bonds. The fourth-order valence-corrected chi connectivity index (χ4v) is 3.65. The quantitative estimate of drug-likeness (QED) is 0.909. The van der Waals surface area contributed by atoms with E-state index in [0.717, 1.165) is 23.7 Å². The largest absolute Gasteiger partial charge is 0.386 e. The minimum atomic E-state index is -0.463. The molecule has 1 aromatic carbocycles. The number of aliphatic hydroxyl groups excluding tert-OH is 1. The van der Waals surface area contributed by atoms with Gasteiger partial charge in [-0.2, -0.15) is 11.8 Å². The predicted molar refractivity (Wildman–Crippen MR) is 75.1 cm³/mol. The summed E-state index contributed by atoms with van der Waals surface area (Å²) in [5.74, 6) is 2.61. The van der Waals surface area contributed by atoms with Gasteiger partial charge in [0.2, 0.25) is 0 Å². The third-order valence-electron chi connectivity index (χ3n) is 4.05. The van der Waals surface area contributed by atoms with Gasteiger partial charge in [0.05, 0.1) is 12.7 Å². The van der Waals surface area contributed by atoms with E-state index in [-0.39, 0.29) is 6.10 Å². The first-order valence-corrected chi connectivity index (χ1v) is 7.98. The molecule has 0 aromatic heterocycles. The number of ether oxygens (including phenoxy) is 1. The molecule has 98 valence electrons. The highest BCUT2D eigenvalue weighted by Crippen LogP contribution is 2.40. The lowest BCUT2D eigenvalue weighted by Gasteiger charge is -2.32. The van der Waals surface area contributed by atoms with E-state index in [0.29, 0.717) is 5.92 Å². The highest BCUT2D eigenvalue weighted by atomic mass is 32.2. The van der Waals surface area contributed by atoms with Crippen molar-refractivity contribution in [3.8, 4) is 0 Å². The van der Waals surface area contributed by atoms with Crippen molar-refractivity contribution < 1.29 is 9.84 Å². The second-order valence-electron chi connectivity index (χ2n) is 5.19. The molecule has 2 nitrogen and oxygen atoms in total. The lowest BCUT2D eigenvalue weighted by molar-refractivity contribution is -0.0233. The van der Waals surface area contributed by atoms with Gasteiger partial charge in [0.25, 0.3) is 0 Å². The highest BCUT2D eigenvalue weighted by Gasteiger charge is 2.29. The van der Waals surface area contributed by atoms with Gasteiger partial charge in [-0.15, -0.1) is 0 Å². The van der Waals surface area contributed by atoms with Gasteiger partial charge >= 0.3 is 0 Å².